The molecule has 1 saturated heterocycles. The van der Waals surface area contributed by atoms with Crippen LogP contribution in [0.25, 0.3) is 0 Å². The van der Waals surface area contributed by atoms with E-state index in [4.69, 9.17) is 0 Å². The first-order chi connectivity index (χ1) is 9.04. The second-order valence-electron chi connectivity index (χ2n) is 4.94. The molecular formula is C12H22N4O2S. The summed E-state index contributed by atoms with van der Waals surface area (Å²) in [5.41, 5.74) is 0. The zero-order valence-corrected chi connectivity index (χ0v) is 12.3. The van der Waals surface area contributed by atoms with Crippen molar-refractivity contribution in [3.63, 3.8) is 0 Å². The first kappa shape index (κ1) is 14.5. The van der Waals surface area contributed by atoms with Crippen molar-refractivity contribution >= 4 is 10.0 Å². The first-order valence-corrected chi connectivity index (χ1v) is 8.23. The summed E-state index contributed by atoms with van der Waals surface area (Å²) in [4.78, 5) is 6.78. The van der Waals surface area contributed by atoms with Gasteiger partial charge in [0, 0.05) is 19.1 Å². The lowest BCUT2D eigenvalue weighted by molar-refractivity contribution is 0.319. The van der Waals surface area contributed by atoms with Crippen molar-refractivity contribution in [2.45, 2.75) is 44.2 Å². The van der Waals surface area contributed by atoms with E-state index in [1.165, 1.54) is 23.3 Å². The van der Waals surface area contributed by atoms with Gasteiger partial charge in [-0.2, -0.15) is 4.31 Å². The summed E-state index contributed by atoms with van der Waals surface area (Å²) in [6, 6.07) is 0.257. The first-order valence-electron chi connectivity index (χ1n) is 6.79. The molecule has 1 aliphatic rings. The van der Waals surface area contributed by atoms with Crippen molar-refractivity contribution in [3.8, 4) is 0 Å². The molecule has 0 spiro atoms. The van der Waals surface area contributed by atoms with E-state index in [0.717, 1.165) is 13.0 Å². The maximum atomic E-state index is 12.5. The van der Waals surface area contributed by atoms with Crippen LogP contribution >= 0.6 is 0 Å². The highest BCUT2D eigenvalue weighted by Gasteiger charge is 2.27. The number of rotatable bonds is 5. The molecule has 7 heteroatoms. The number of H-pyrrole nitrogens is 1. The number of nitrogens with zero attached hydrogens (tertiary/aromatic N) is 2. The third-order valence-corrected chi connectivity index (χ3v) is 5.34. The van der Waals surface area contributed by atoms with Crippen LogP contribution in [0.3, 0.4) is 0 Å². The van der Waals surface area contributed by atoms with Gasteiger partial charge in [0.25, 0.3) is 10.0 Å². The van der Waals surface area contributed by atoms with Crippen molar-refractivity contribution in [2.24, 2.45) is 0 Å². The minimum atomic E-state index is -3.45. The van der Waals surface area contributed by atoms with Crippen LogP contribution in [0.15, 0.2) is 11.2 Å². The number of hydrogen-bond donors (Lipinski definition) is 2. The minimum absolute atomic E-state index is 0.183. The number of likely N-dealkylation sites (N-methyl/N-ethyl adjacent to an activating group) is 1. The number of piperidine rings is 1. The van der Waals surface area contributed by atoms with Gasteiger partial charge in [-0.1, -0.05) is 13.3 Å². The monoisotopic (exact) mass is 286 g/mol. The molecule has 1 aromatic heterocycles. The molecule has 1 unspecified atom stereocenters. The van der Waals surface area contributed by atoms with E-state index >= 15 is 0 Å². The van der Waals surface area contributed by atoms with Gasteiger partial charge in [-0.3, -0.25) is 0 Å². The highest BCUT2D eigenvalue weighted by atomic mass is 32.2. The molecule has 1 atom stereocenters. The van der Waals surface area contributed by atoms with Crippen LogP contribution in [-0.4, -0.2) is 48.4 Å². The largest absolute Gasteiger partial charge is 0.332 e. The van der Waals surface area contributed by atoms with Crippen molar-refractivity contribution in [1.29, 1.82) is 0 Å². The molecule has 0 amide bonds. The van der Waals surface area contributed by atoms with E-state index < -0.39 is 10.0 Å². The molecule has 2 N–H and O–H groups in total. The van der Waals surface area contributed by atoms with E-state index in [-0.39, 0.29) is 11.1 Å². The number of imidazole rings is 1. The number of aryl methyl sites for hydroxylation is 1. The molecule has 108 valence electrons. The molecule has 2 heterocycles. The third kappa shape index (κ3) is 3.34. The smallest absolute Gasteiger partial charge is 0.260 e. The number of hydrogen-bond acceptors (Lipinski definition) is 4. The van der Waals surface area contributed by atoms with E-state index in [9.17, 15) is 8.42 Å². The second kappa shape index (κ2) is 6.02. The Bertz CT molecular complexity index is 506. The van der Waals surface area contributed by atoms with Gasteiger partial charge in [0.15, 0.2) is 5.03 Å². The van der Waals surface area contributed by atoms with Crippen LogP contribution in [0.1, 0.15) is 32.0 Å². The topological polar surface area (TPSA) is 78.1 Å². The Morgan fingerprint density at radius 1 is 1.47 bits per heavy atom. The summed E-state index contributed by atoms with van der Waals surface area (Å²) >= 11 is 0. The lowest BCUT2D eigenvalue weighted by Crippen LogP contribution is -2.45. The normalized spacial score (nSPS) is 20.9. The fraction of sp³-hybridized carbons (Fsp3) is 0.750. The van der Waals surface area contributed by atoms with Gasteiger partial charge in [-0.25, -0.2) is 13.4 Å². The average molecular weight is 286 g/mol. The van der Waals surface area contributed by atoms with Crippen LogP contribution in [0.5, 0.6) is 0 Å². The summed E-state index contributed by atoms with van der Waals surface area (Å²) < 4.78 is 26.5. The van der Waals surface area contributed by atoms with E-state index in [1.54, 1.807) is 6.92 Å². The summed E-state index contributed by atoms with van der Waals surface area (Å²) in [5.74, 6) is 0.616. The molecule has 1 aliphatic heterocycles. The summed E-state index contributed by atoms with van der Waals surface area (Å²) in [6.45, 7) is 5.59. The third-order valence-electron chi connectivity index (χ3n) is 3.49. The Balaban J connectivity index is 2.11. The van der Waals surface area contributed by atoms with E-state index in [1.807, 2.05) is 6.92 Å². The van der Waals surface area contributed by atoms with E-state index in [2.05, 4.69) is 15.3 Å². The number of aromatic amines is 1. The molecule has 2 rings (SSSR count). The van der Waals surface area contributed by atoms with Gasteiger partial charge < -0.3 is 10.3 Å². The molecule has 6 nitrogen and oxygen atoms in total. The van der Waals surface area contributed by atoms with Gasteiger partial charge in [0.2, 0.25) is 0 Å². The molecule has 0 aliphatic carbocycles. The number of aromatic nitrogens is 2. The quantitative estimate of drug-likeness (QED) is 0.842. The zero-order valence-electron chi connectivity index (χ0n) is 11.5. The van der Waals surface area contributed by atoms with Gasteiger partial charge in [-0.05, 0) is 26.3 Å². The molecule has 0 saturated carbocycles. The predicted octanol–water partition coefficient (Wildman–Crippen LogP) is 0.871. The van der Waals surface area contributed by atoms with Gasteiger partial charge in [-0.15, -0.1) is 0 Å². The van der Waals surface area contributed by atoms with Crippen molar-refractivity contribution in [3.05, 3.63) is 12.0 Å². The van der Waals surface area contributed by atoms with Gasteiger partial charge >= 0.3 is 0 Å². The Morgan fingerprint density at radius 3 is 2.79 bits per heavy atom. The van der Waals surface area contributed by atoms with Crippen LogP contribution in [0.2, 0.25) is 0 Å². The fourth-order valence-electron chi connectivity index (χ4n) is 2.39. The summed E-state index contributed by atoms with van der Waals surface area (Å²) in [6.07, 6.45) is 4.77. The van der Waals surface area contributed by atoms with Crippen LogP contribution in [0, 0.1) is 6.92 Å². The maximum Gasteiger partial charge on any atom is 0.260 e. The summed E-state index contributed by atoms with van der Waals surface area (Å²) in [7, 11) is -3.45. The fourth-order valence-corrected chi connectivity index (χ4v) is 3.85. The number of nitrogens with one attached hydrogen (secondary N) is 2. The molecule has 1 fully saturated rings. The highest BCUT2D eigenvalue weighted by Crippen LogP contribution is 2.16. The molecule has 0 bridgehead atoms. The molecule has 0 radical (unpaired) electrons. The standard InChI is InChI=1S/C12H22N4O2S/c1-3-16(9-11-6-4-5-7-13-11)19(17,18)12-8-14-10(2)15-12/h8,11,13H,3-7,9H2,1-2H3,(H,14,15). The van der Waals surface area contributed by atoms with Gasteiger partial charge in [0.05, 0.1) is 6.20 Å². The lowest BCUT2D eigenvalue weighted by Gasteiger charge is -2.28. The van der Waals surface area contributed by atoms with Crippen LogP contribution < -0.4 is 5.32 Å². The Kier molecular flexibility index (Phi) is 4.59. The molecular weight excluding hydrogens is 264 g/mol. The SMILES string of the molecule is CCN(CC1CCCCN1)S(=O)(=O)c1cnc(C)[nH]1. The Labute approximate surface area is 114 Å². The van der Waals surface area contributed by atoms with Crippen molar-refractivity contribution < 1.29 is 8.42 Å². The number of sulfonamides is 1. The van der Waals surface area contributed by atoms with Crippen LogP contribution in [0.4, 0.5) is 0 Å². The zero-order chi connectivity index (χ0) is 13.9. The average Bonchev–Trinajstić information content (AvgIpc) is 2.84. The van der Waals surface area contributed by atoms with Gasteiger partial charge in [0.1, 0.15) is 5.82 Å². The highest BCUT2D eigenvalue weighted by molar-refractivity contribution is 7.89. The lowest BCUT2D eigenvalue weighted by atomic mass is 10.1. The molecule has 1 aromatic rings. The Morgan fingerprint density at radius 2 is 2.26 bits per heavy atom. The maximum absolute atomic E-state index is 12.5. The minimum Gasteiger partial charge on any atom is -0.332 e. The summed E-state index contributed by atoms with van der Waals surface area (Å²) in [5, 5.41) is 3.56. The Hall–Kier alpha value is -0.920. The second-order valence-corrected chi connectivity index (χ2v) is 6.84. The van der Waals surface area contributed by atoms with Crippen LogP contribution in [-0.2, 0) is 10.0 Å². The predicted molar refractivity (Wildman–Crippen MR) is 73.4 cm³/mol. The van der Waals surface area contributed by atoms with Crippen molar-refractivity contribution in [1.82, 2.24) is 19.6 Å². The molecule has 19 heavy (non-hydrogen) atoms. The van der Waals surface area contributed by atoms with Crippen molar-refractivity contribution in [2.75, 3.05) is 19.6 Å². The molecule has 0 aromatic carbocycles. The van der Waals surface area contributed by atoms with E-state index in [0.29, 0.717) is 18.9 Å².